The molecule has 2 aliphatic rings. The van der Waals surface area contributed by atoms with E-state index >= 15 is 0 Å². The maximum absolute atomic E-state index is 14.2. The van der Waals surface area contributed by atoms with E-state index in [0.717, 1.165) is 16.8 Å². The van der Waals surface area contributed by atoms with Gasteiger partial charge in [0, 0.05) is 30.6 Å². The topological polar surface area (TPSA) is 32.8 Å². The van der Waals surface area contributed by atoms with Gasteiger partial charge in [0.1, 0.15) is 0 Å². The van der Waals surface area contributed by atoms with E-state index < -0.39 is 5.60 Å². The van der Waals surface area contributed by atoms with Crippen LogP contribution < -0.4 is 5.06 Å². The van der Waals surface area contributed by atoms with Gasteiger partial charge in [-0.1, -0.05) is 108 Å². The van der Waals surface area contributed by atoms with Gasteiger partial charge in [-0.05, 0) is 48.7 Å². The standard InChI is InChI=1S/C34H33ClN2O2/c1-24-17-19-27(20-18-24)33-32(29-15-9-10-16-30(29)35)34(39-37(33)28-13-7-4-8-14-28)23-36(22-21-31(34)38)25(2)26-11-5-3-6-12-26/h3-20,25,32-33H,21-23H2,1-2H3/t25-,32+,33-,34-/m1/s1. The molecule has 0 unspecified atom stereocenters. The van der Waals surface area contributed by atoms with Crippen LogP contribution in [0.2, 0.25) is 5.02 Å². The molecule has 0 saturated carbocycles. The highest BCUT2D eigenvalue weighted by molar-refractivity contribution is 6.31. The Bertz CT molecular complexity index is 1440. The molecule has 0 bridgehead atoms. The zero-order valence-electron chi connectivity index (χ0n) is 22.3. The van der Waals surface area contributed by atoms with Crippen LogP contribution in [0.1, 0.15) is 53.6 Å². The number of likely N-dealkylation sites (tertiary alicyclic amines) is 1. The highest BCUT2D eigenvalue weighted by Gasteiger charge is 2.62. The van der Waals surface area contributed by atoms with Crippen molar-refractivity contribution in [2.24, 2.45) is 0 Å². The summed E-state index contributed by atoms with van der Waals surface area (Å²) in [7, 11) is 0. The third-order valence-corrected chi connectivity index (χ3v) is 8.71. The number of Topliss-reactive ketones (excluding diaryl/α,β-unsaturated/α-hetero) is 1. The van der Waals surface area contributed by atoms with Gasteiger partial charge in [-0.3, -0.25) is 14.5 Å². The summed E-state index contributed by atoms with van der Waals surface area (Å²) in [6.07, 6.45) is 0.418. The molecular formula is C34H33ClN2O2. The first-order valence-electron chi connectivity index (χ1n) is 13.6. The van der Waals surface area contributed by atoms with Gasteiger partial charge >= 0.3 is 0 Å². The average molecular weight is 537 g/mol. The van der Waals surface area contributed by atoms with Gasteiger partial charge in [-0.25, -0.2) is 5.06 Å². The molecule has 4 nitrogen and oxygen atoms in total. The summed E-state index contributed by atoms with van der Waals surface area (Å²) in [5.41, 5.74) is 4.25. The van der Waals surface area contributed by atoms with Gasteiger partial charge in [0.15, 0.2) is 11.4 Å². The number of carbonyl (C=O) groups is 1. The summed E-state index contributed by atoms with van der Waals surface area (Å²) in [5.74, 6) is -0.188. The molecule has 0 N–H and O–H groups in total. The molecule has 5 heteroatoms. The Hall–Kier alpha value is -3.44. The van der Waals surface area contributed by atoms with Crippen molar-refractivity contribution in [3.05, 3.63) is 136 Å². The maximum atomic E-state index is 14.2. The fraction of sp³-hybridized carbons (Fsp3) is 0.265. The molecule has 2 fully saturated rings. The van der Waals surface area contributed by atoms with Crippen LogP contribution in [0.3, 0.4) is 0 Å². The van der Waals surface area contributed by atoms with Gasteiger partial charge in [-0.15, -0.1) is 0 Å². The Morgan fingerprint density at radius 2 is 1.51 bits per heavy atom. The van der Waals surface area contributed by atoms with Gasteiger partial charge in [0.05, 0.1) is 17.6 Å². The number of piperidine rings is 1. The van der Waals surface area contributed by atoms with Crippen molar-refractivity contribution in [2.75, 3.05) is 18.2 Å². The molecule has 4 atom stereocenters. The van der Waals surface area contributed by atoms with E-state index in [1.165, 1.54) is 11.1 Å². The summed E-state index contributed by atoms with van der Waals surface area (Å²) >= 11 is 6.92. The van der Waals surface area contributed by atoms with Crippen LogP contribution >= 0.6 is 11.6 Å². The third-order valence-electron chi connectivity index (χ3n) is 8.37. The SMILES string of the molecule is Cc1ccc([C@@H]2[C@H](c3ccccc3Cl)[C@]3(CN([C@H](C)c4ccccc4)CCC3=O)ON2c2ccccc2)cc1. The largest absolute Gasteiger partial charge is 0.296 e. The quantitative estimate of drug-likeness (QED) is 0.261. The van der Waals surface area contributed by atoms with Crippen molar-refractivity contribution in [3.8, 4) is 0 Å². The lowest BCUT2D eigenvalue weighted by Gasteiger charge is -2.43. The molecule has 0 aliphatic carbocycles. The summed E-state index contributed by atoms with van der Waals surface area (Å²) in [5, 5.41) is 2.62. The molecule has 4 aromatic carbocycles. The summed E-state index contributed by atoms with van der Waals surface area (Å²) in [4.78, 5) is 23.6. The average Bonchev–Trinajstić information content (AvgIpc) is 3.31. The number of hydrogen-bond acceptors (Lipinski definition) is 4. The second-order valence-corrected chi connectivity index (χ2v) is 11.1. The molecule has 0 aromatic heterocycles. The zero-order chi connectivity index (χ0) is 27.0. The number of ketones is 1. The maximum Gasteiger partial charge on any atom is 0.176 e. The molecule has 0 radical (unpaired) electrons. The van der Waals surface area contributed by atoms with Crippen LogP contribution in [-0.2, 0) is 9.63 Å². The van der Waals surface area contributed by atoms with E-state index in [1.807, 2.05) is 59.7 Å². The summed E-state index contributed by atoms with van der Waals surface area (Å²) < 4.78 is 0. The van der Waals surface area contributed by atoms with Crippen LogP contribution in [0.25, 0.3) is 0 Å². The Labute approximate surface area is 235 Å². The van der Waals surface area contributed by atoms with E-state index in [0.29, 0.717) is 24.5 Å². The number of para-hydroxylation sites is 1. The molecule has 4 aromatic rings. The second kappa shape index (κ2) is 10.6. The van der Waals surface area contributed by atoms with Crippen molar-refractivity contribution >= 4 is 23.1 Å². The number of hydrogen-bond donors (Lipinski definition) is 0. The smallest absolute Gasteiger partial charge is 0.176 e. The lowest BCUT2D eigenvalue weighted by molar-refractivity contribution is -0.151. The number of carbonyl (C=O) groups excluding carboxylic acids is 1. The molecule has 2 saturated heterocycles. The molecule has 2 aliphatic heterocycles. The van der Waals surface area contributed by atoms with Crippen LogP contribution in [0.5, 0.6) is 0 Å². The van der Waals surface area contributed by atoms with Crippen LogP contribution in [0.4, 0.5) is 5.69 Å². The van der Waals surface area contributed by atoms with E-state index in [9.17, 15) is 4.79 Å². The first-order valence-corrected chi connectivity index (χ1v) is 14.0. The highest BCUT2D eigenvalue weighted by atomic mass is 35.5. The van der Waals surface area contributed by atoms with Crippen molar-refractivity contribution in [3.63, 3.8) is 0 Å². The minimum atomic E-state index is -1.10. The van der Waals surface area contributed by atoms with Crippen LogP contribution in [0, 0.1) is 6.92 Å². The normalized spacial score (nSPS) is 24.3. The van der Waals surface area contributed by atoms with Gasteiger partial charge in [0.25, 0.3) is 0 Å². The predicted molar refractivity (Wildman–Crippen MR) is 157 cm³/mol. The number of anilines is 1. The number of nitrogens with zero attached hydrogens (tertiary/aromatic N) is 2. The first-order chi connectivity index (χ1) is 19.0. The third kappa shape index (κ3) is 4.67. The number of rotatable bonds is 5. The van der Waals surface area contributed by atoms with E-state index in [1.54, 1.807) is 0 Å². The van der Waals surface area contributed by atoms with Crippen molar-refractivity contribution in [1.29, 1.82) is 0 Å². The van der Waals surface area contributed by atoms with E-state index in [-0.39, 0.29) is 23.8 Å². The Balaban J connectivity index is 1.53. The number of benzene rings is 4. The van der Waals surface area contributed by atoms with E-state index in [2.05, 4.69) is 73.3 Å². The summed E-state index contributed by atoms with van der Waals surface area (Å²) in [6, 6.07) is 36.9. The van der Waals surface area contributed by atoms with Crippen molar-refractivity contribution in [1.82, 2.24) is 4.90 Å². The second-order valence-electron chi connectivity index (χ2n) is 10.7. The van der Waals surface area contributed by atoms with Gasteiger partial charge < -0.3 is 0 Å². The molecule has 1 spiro atoms. The molecule has 6 rings (SSSR count). The number of aryl methyl sites for hydroxylation is 1. The van der Waals surface area contributed by atoms with Crippen molar-refractivity contribution in [2.45, 2.75) is 43.9 Å². The molecule has 198 valence electrons. The zero-order valence-corrected chi connectivity index (χ0v) is 23.1. The van der Waals surface area contributed by atoms with E-state index in [4.69, 9.17) is 16.4 Å². The number of hydroxylamine groups is 1. The van der Waals surface area contributed by atoms with Gasteiger partial charge in [-0.2, -0.15) is 0 Å². The minimum Gasteiger partial charge on any atom is -0.296 e. The molecule has 2 heterocycles. The minimum absolute atomic E-state index is 0.125. The Morgan fingerprint density at radius 3 is 2.21 bits per heavy atom. The number of halogens is 1. The molecule has 0 amide bonds. The molecule has 39 heavy (non-hydrogen) atoms. The van der Waals surface area contributed by atoms with Crippen LogP contribution in [-0.4, -0.2) is 29.4 Å². The lowest BCUT2D eigenvalue weighted by Crippen LogP contribution is -2.58. The van der Waals surface area contributed by atoms with Crippen LogP contribution in [0.15, 0.2) is 109 Å². The summed E-state index contributed by atoms with van der Waals surface area (Å²) in [6.45, 7) is 5.47. The Morgan fingerprint density at radius 1 is 0.872 bits per heavy atom. The fourth-order valence-electron chi connectivity index (χ4n) is 6.26. The van der Waals surface area contributed by atoms with Gasteiger partial charge in [0.2, 0.25) is 0 Å². The lowest BCUT2D eigenvalue weighted by atomic mass is 9.71. The first kappa shape index (κ1) is 25.8. The molecular weight excluding hydrogens is 504 g/mol. The fourth-order valence-corrected chi connectivity index (χ4v) is 6.51. The highest BCUT2D eigenvalue weighted by Crippen LogP contribution is 2.56. The Kier molecular flexibility index (Phi) is 7.03. The van der Waals surface area contributed by atoms with Crippen molar-refractivity contribution < 1.29 is 9.63 Å². The monoisotopic (exact) mass is 536 g/mol. The predicted octanol–water partition coefficient (Wildman–Crippen LogP) is 7.70.